The summed E-state index contributed by atoms with van der Waals surface area (Å²) in [5.74, 6) is -1.41. The molecule has 4 heteroatoms. The maximum atomic E-state index is 12.6. The van der Waals surface area contributed by atoms with Gasteiger partial charge in [-0.25, -0.2) is 8.78 Å². The normalized spacial score (nSPS) is 10.1. The molecule has 0 aromatic heterocycles. The Morgan fingerprint density at radius 2 is 1.77 bits per heavy atom. The second-order valence-electron chi connectivity index (χ2n) is 2.65. The van der Waals surface area contributed by atoms with Crippen LogP contribution in [0.5, 0.6) is 0 Å². The van der Waals surface area contributed by atoms with Crippen molar-refractivity contribution in [2.75, 3.05) is 5.75 Å². The monoisotopic (exact) mass is 202 g/mol. The minimum absolute atomic E-state index is 0.0260. The van der Waals surface area contributed by atoms with Crippen molar-refractivity contribution in [3.8, 4) is 0 Å². The number of hydrogen-bond acceptors (Lipinski definition) is 2. The van der Waals surface area contributed by atoms with Gasteiger partial charge in [-0.2, -0.15) is 12.6 Å². The molecule has 13 heavy (non-hydrogen) atoms. The van der Waals surface area contributed by atoms with E-state index in [1.54, 1.807) is 0 Å². The Morgan fingerprint density at radius 3 is 2.23 bits per heavy atom. The van der Waals surface area contributed by atoms with E-state index in [-0.39, 0.29) is 18.0 Å². The molecule has 0 amide bonds. The first kappa shape index (κ1) is 10.2. The van der Waals surface area contributed by atoms with Crippen LogP contribution in [-0.2, 0) is 11.2 Å². The van der Waals surface area contributed by atoms with E-state index < -0.39 is 11.6 Å². The molecule has 1 rings (SSSR count). The molecule has 0 aliphatic carbocycles. The second kappa shape index (κ2) is 4.37. The van der Waals surface area contributed by atoms with Crippen LogP contribution >= 0.6 is 12.6 Å². The van der Waals surface area contributed by atoms with Gasteiger partial charge in [-0.1, -0.05) is 0 Å². The fraction of sp³-hybridized carbons (Fsp3) is 0.222. The summed E-state index contributed by atoms with van der Waals surface area (Å²) < 4.78 is 25.2. The summed E-state index contributed by atoms with van der Waals surface area (Å²) in [5.41, 5.74) is 0.344. The fourth-order valence-corrected chi connectivity index (χ4v) is 1.11. The lowest BCUT2D eigenvalue weighted by atomic mass is 10.1. The van der Waals surface area contributed by atoms with Crippen LogP contribution in [0.3, 0.4) is 0 Å². The Labute approximate surface area is 80.2 Å². The molecule has 0 atom stereocenters. The van der Waals surface area contributed by atoms with Gasteiger partial charge in [0.05, 0.1) is 0 Å². The third-order valence-corrected chi connectivity index (χ3v) is 1.85. The van der Waals surface area contributed by atoms with Crippen LogP contribution in [0.4, 0.5) is 8.78 Å². The van der Waals surface area contributed by atoms with Gasteiger partial charge in [0.2, 0.25) is 0 Å². The maximum absolute atomic E-state index is 12.6. The van der Waals surface area contributed by atoms with Crippen molar-refractivity contribution in [2.24, 2.45) is 0 Å². The number of carbonyl (C=O) groups is 1. The summed E-state index contributed by atoms with van der Waals surface area (Å²) in [6.07, 6.45) is 0.0260. The van der Waals surface area contributed by atoms with Crippen molar-refractivity contribution in [1.29, 1.82) is 0 Å². The number of halogens is 2. The van der Waals surface area contributed by atoms with Gasteiger partial charge in [0, 0.05) is 18.2 Å². The molecule has 0 fully saturated rings. The van der Waals surface area contributed by atoms with Crippen LogP contribution in [0.1, 0.15) is 5.56 Å². The number of thiol groups is 1. The lowest BCUT2D eigenvalue weighted by Gasteiger charge is -1.99. The fourth-order valence-electron chi connectivity index (χ4n) is 0.997. The molecule has 0 aliphatic rings. The Kier molecular flexibility index (Phi) is 3.42. The molecule has 0 bridgehead atoms. The Morgan fingerprint density at radius 1 is 1.23 bits per heavy atom. The van der Waals surface area contributed by atoms with Crippen molar-refractivity contribution < 1.29 is 13.6 Å². The zero-order chi connectivity index (χ0) is 9.84. The van der Waals surface area contributed by atoms with Crippen LogP contribution in [0.15, 0.2) is 18.2 Å². The van der Waals surface area contributed by atoms with Crippen LogP contribution in [0.2, 0.25) is 0 Å². The van der Waals surface area contributed by atoms with Crippen LogP contribution in [-0.4, -0.2) is 11.5 Å². The second-order valence-corrected chi connectivity index (χ2v) is 2.97. The molecule has 0 heterocycles. The molecule has 0 saturated heterocycles. The van der Waals surface area contributed by atoms with Gasteiger partial charge >= 0.3 is 0 Å². The summed E-state index contributed by atoms with van der Waals surface area (Å²) >= 11 is 3.76. The third kappa shape index (κ3) is 3.14. The highest BCUT2D eigenvalue weighted by molar-refractivity contribution is 7.81. The molecule has 1 aromatic carbocycles. The number of Topliss-reactive ketones (excluding diaryl/α,β-unsaturated/α-hetero) is 1. The number of carbonyl (C=O) groups excluding carboxylic acids is 1. The molecule has 0 spiro atoms. The van der Waals surface area contributed by atoms with E-state index >= 15 is 0 Å². The number of benzene rings is 1. The van der Waals surface area contributed by atoms with Gasteiger partial charge in [-0.15, -0.1) is 0 Å². The summed E-state index contributed by atoms with van der Waals surface area (Å²) in [6, 6.07) is 3.06. The number of ketones is 1. The molecule has 0 unspecified atom stereocenters. The van der Waals surface area contributed by atoms with Gasteiger partial charge in [-0.05, 0) is 17.7 Å². The molecule has 1 aromatic rings. The first-order valence-electron chi connectivity index (χ1n) is 3.69. The molecule has 0 saturated carbocycles. The van der Waals surface area contributed by atoms with E-state index in [2.05, 4.69) is 12.6 Å². The highest BCUT2D eigenvalue weighted by Crippen LogP contribution is 2.08. The largest absolute Gasteiger partial charge is 0.298 e. The van der Waals surface area contributed by atoms with Crippen molar-refractivity contribution in [3.05, 3.63) is 35.4 Å². The SMILES string of the molecule is O=C(CS)Cc1cc(F)cc(F)c1. The van der Waals surface area contributed by atoms with Crippen molar-refractivity contribution in [2.45, 2.75) is 6.42 Å². The molecule has 1 nitrogen and oxygen atoms in total. The number of hydrogen-bond donors (Lipinski definition) is 1. The molecule has 0 radical (unpaired) electrons. The Hall–Kier alpha value is -0.900. The van der Waals surface area contributed by atoms with Gasteiger partial charge in [-0.3, -0.25) is 4.79 Å². The van der Waals surface area contributed by atoms with Gasteiger partial charge < -0.3 is 0 Å². The van der Waals surface area contributed by atoms with E-state index in [1.165, 1.54) is 0 Å². The highest BCUT2D eigenvalue weighted by atomic mass is 32.1. The maximum Gasteiger partial charge on any atom is 0.146 e. The molecule has 0 N–H and O–H groups in total. The summed E-state index contributed by atoms with van der Waals surface area (Å²) in [5, 5.41) is 0. The van der Waals surface area contributed by atoms with Crippen LogP contribution in [0.25, 0.3) is 0 Å². The lowest BCUT2D eigenvalue weighted by molar-refractivity contribution is -0.115. The molecule has 70 valence electrons. The average Bonchev–Trinajstić information content (AvgIpc) is 2.02. The van der Waals surface area contributed by atoms with E-state index in [1.807, 2.05) is 0 Å². The van der Waals surface area contributed by atoms with E-state index in [4.69, 9.17) is 0 Å². The predicted molar refractivity (Wildman–Crippen MR) is 48.9 cm³/mol. The zero-order valence-corrected chi connectivity index (χ0v) is 7.65. The number of rotatable bonds is 3. The van der Waals surface area contributed by atoms with Crippen molar-refractivity contribution in [1.82, 2.24) is 0 Å². The molecule has 0 aliphatic heterocycles. The minimum Gasteiger partial charge on any atom is -0.298 e. The van der Waals surface area contributed by atoms with E-state index in [0.717, 1.165) is 18.2 Å². The topological polar surface area (TPSA) is 17.1 Å². The van der Waals surface area contributed by atoms with Crippen molar-refractivity contribution in [3.63, 3.8) is 0 Å². The summed E-state index contributed by atoms with van der Waals surface area (Å²) in [7, 11) is 0. The first-order chi connectivity index (χ1) is 6.11. The van der Waals surface area contributed by atoms with Crippen LogP contribution in [0, 0.1) is 11.6 Å². The first-order valence-corrected chi connectivity index (χ1v) is 4.32. The summed E-state index contributed by atoms with van der Waals surface area (Å²) in [6.45, 7) is 0. The van der Waals surface area contributed by atoms with Gasteiger partial charge in [0.1, 0.15) is 17.4 Å². The average molecular weight is 202 g/mol. The standard InChI is InChI=1S/C9H8F2OS/c10-7-1-6(2-8(11)4-7)3-9(12)5-13/h1-2,4,13H,3,5H2. The lowest BCUT2D eigenvalue weighted by Crippen LogP contribution is -2.04. The van der Waals surface area contributed by atoms with Gasteiger partial charge in [0.25, 0.3) is 0 Å². The molecular weight excluding hydrogens is 194 g/mol. The minimum atomic E-state index is -0.665. The highest BCUT2D eigenvalue weighted by Gasteiger charge is 2.04. The Bertz CT molecular complexity index is 305. The van der Waals surface area contributed by atoms with Gasteiger partial charge in [0.15, 0.2) is 0 Å². The third-order valence-electron chi connectivity index (χ3n) is 1.50. The van der Waals surface area contributed by atoms with Crippen LogP contribution < -0.4 is 0 Å². The smallest absolute Gasteiger partial charge is 0.146 e. The van der Waals surface area contributed by atoms with E-state index in [0.29, 0.717) is 5.56 Å². The predicted octanol–water partition coefficient (Wildman–Crippen LogP) is 2.01. The quantitative estimate of drug-likeness (QED) is 0.742. The zero-order valence-electron chi connectivity index (χ0n) is 6.76. The summed E-state index contributed by atoms with van der Waals surface area (Å²) in [4.78, 5) is 10.9. The van der Waals surface area contributed by atoms with E-state index in [9.17, 15) is 13.6 Å². The Balaban J connectivity index is 2.83. The van der Waals surface area contributed by atoms with Crippen molar-refractivity contribution >= 4 is 18.4 Å². The molecular formula is C9H8F2OS.